The van der Waals surface area contributed by atoms with Gasteiger partial charge in [-0.1, -0.05) is 17.7 Å². The monoisotopic (exact) mass is 540 g/mol. The quantitative estimate of drug-likeness (QED) is 0.409. The van der Waals surface area contributed by atoms with Gasteiger partial charge >= 0.3 is 6.18 Å². The van der Waals surface area contributed by atoms with E-state index in [0.717, 1.165) is 0 Å². The molecule has 0 aliphatic carbocycles. The third-order valence-electron chi connectivity index (χ3n) is 5.96. The van der Waals surface area contributed by atoms with Crippen LogP contribution in [-0.4, -0.2) is 50.3 Å². The molecule has 0 fully saturated rings. The third kappa shape index (κ3) is 5.06. The molecule has 1 aliphatic rings. The molecule has 0 spiro atoms. The van der Waals surface area contributed by atoms with E-state index in [9.17, 15) is 18.0 Å². The van der Waals surface area contributed by atoms with Gasteiger partial charge in [-0.25, -0.2) is 4.68 Å². The summed E-state index contributed by atoms with van der Waals surface area (Å²) in [5, 5.41) is 9.30. The summed E-state index contributed by atoms with van der Waals surface area (Å²) in [6.07, 6.45) is -5.04. The van der Waals surface area contributed by atoms with Crippen molar-refractivity contribution in [1.82, 2.24) is 9.78 Å². The van der Waals surface area contributed by atoms with Gasteiger partial charge in [0.2, 0.25) is 0 Å². The number of amides is 1. The molecule has 0 saturated heterocycles. The number of nitrogens with zero attached hydrogens (tertiary/aromatic N) is 2. The average Bonchev–Trinajstić information content (AvgIpc) is 3.23. The molecule has 2 unspecified atom stereocenters. The van der Waals surface area contributed by atoms with Crippen LogP contribution in [0.3, 0.4) is 0 Å². The Morgan fingerprint density at radius 2 is 1.59 bits per heavy atom. The zero-order valence-electron chi connectivity index (χ0n) is 20.3. The lowest BCUT2D eigenvalue weighted by Crippen LogP contribution is -2.35. The van der Waals surface area contributed by atoms with Gasteiger partial charge in [0, 0.05) is 18.2 Å². The van der Waals surface area contributed by atoms with Crippen LogP contribution in [0.2, 0.25) is 5.02 Å². The van der Waals surface area contributed by atoms with Crippen LogP contribution in [0.15, 0.2) is 36.4 Å². The second-order valence-electron chi connectivity index (χ2n) is 8.08. The smallest absolute Gasteiger partial charge is 0.410 e. The molecule has 9 nitrogen and oxygen atoms in total. The maximum absolute atomic E-state index is 14.1. The fourth-order valence-electron chi connectivity index (χ4n) is 4.13. The van der Waals surface area contributed by atoms with Crippen LogP contribution in [-0.2, 0) is 0 Å². The van der Waals surface area contributed by atoms with Crippen molar-refractivity contribution in [3.8, 4) is 23.0 Å². The van der Waals surface area contributed by atoms with Crippen LogP contribution < -0.4 is 29.6 Å². The third-order valence-corrected chi connectivity index (χ3v) is 6.32. The number of fused-ring (bicyclic) bond motifs is 1. The van der Waals surface area contributed by atoms with E-state index in [2.05, 4.69) is 15.7 Å². The molecule has 2 aromatic carbocycles. The fraction of sp³-hybridized carbons (Fsp3) is 0.333. The first-order chi connectivity index (χ1) is 17.6. The number of carbonyl (C=O) groups is 1. The summed E-state index contributed by atoms with van der Waals surface area (Å²) in [4.78, 5) is 13.0. The molecule has 0 radical (unpaired) electrons. The van der Waals surface area contributed by atoms with Crippen molar-refractivity contribution in [3.05, 3.63) is 52.7 Å². The zero-order chi connectivity index (χ0) is 26.9. The number of hydrogen-bond acceptors (Lipinski definition) is 7. The zero-order valence-corrected chi connectivity index (χ0v) is 21.0. The SMILES string of the molecule is COc1ccc(NC(=O)c2nn3c(c2Cl)NC(c2ccc(OC)c(OC)c2)CC3C(F)(F)F)cc1OC. The molecule has 37 heavy (non-hydrogen) atoms. The summed E-state index contributed by atoms with van der Waals surface area (Å²) in [6.45, 7) is 0. The Hall–Kier alpha value is -3.80. The molecule has 4 rings (SSSR count). The number of aromatic nitrogens is 2. The van der Waals surface area contributed by atoms with E-state index in [1.807, 2.05) is 0 Å². The van der Waals surface area contributed by atoms with Crippen molar-refractivity contribution in [2.45, 2.75) is 24.7 Å². The van der Waals surface area contributed by atoms with Crippen molar-refractivity contribution in [2.24, 2.45) is 0 Å². The number of anilines is 2. The minimum atomic E-state index is -4.65. The molecular formula is C24H24ClF3N4O5. The summed E-state index contributed by atoms with van der Waals surface area (Å²) in [6, 6.07) is 6.64. The van der Waals surface area contributed by atoms with Crippen LogP contribution in [0.1, 0.15) is 34.6 Å². The Balaban J connectivity index is 1.68. The van der Waals surface area contributed by atoms with Gasteiger partial charge < -0.3 is 29.6 Å². The summed E-state index contributed by atoms with van der Waals surface area (Å²) in [5.41, 5.74) is 0.473. The fourth-order valence-corrected chi connectivity index (χ4v) is 4.39. The van der Waals surface area contributed by atoms with E-state index < -0.39 is 24.2 Å². The Morgan fingerprint density at radius 1 is 1.00 bits per heavy atom. The number of benzene rings is 2. The molecule has 2 atom stereocenters. The average molecular weight is 541 g/mol. The molecule has 2 heterocycles. The van der Waals surface area contributed by atoms with E-state index >= 15 is 0 Å². The number of halogens is 4. The van der Waals surface area contributed by atoms with Gasteiger partial charge in [0.1, 0.15) is 10.8 Å². The normalized spacial score (nSPS) is 16.9. The van der Waals surface area contributed by atoms with E-state index in [1.165, 1.54) is 34.5 Å². The Labute approximate surface area is 215 Å². The second kappa shape index (κ2) is 10.3. The molecule has 0 saturated carbocycles. The number of ether oxygens (including phenoxy) is 4. The molecule has 198 valence electrons. The van der Waals surface area contributed by atoms with E-state index in [4.69, 9.17) is 30.5 Å². The van der Waals surface area contributed by atoms with Gasteiger partial charge in [0.05, 0.1) is 34.5 Å². The van der Waals surface area contributed by atoms with Crippen molar-refractivity contribution in [1.29, 1.82) is 0 Å². The number of rotatable bonds is 7. The molecule has 1 amide bonds. The van der Waals surface area contributed by atoms with Crippen LogP contribution in [0.25, 0.3) is 0 Å². The summed E-state index contributed by atoms with van der Waals surface area (Å²) < 4.78 is 63.9. The minimum absolute atomic E-state index is 0.118. The van der Waals surface area contributed by atoms with Gasteiger partial charge in [-0.2, -0.15) is 18.3 Å². The Kier molecular flexibility index (Phi) is 7.30. The van der Waals surface area contributed by atoms with Crippen molar-refractivity contribution in [2.75, 3.05) is 39.1 Å². The largest absolute Gasteiger partial charge is 0.493 e. The molecule has 3 aromatic rings. The van der Waals surface area contributed by atoms with E-state index in [-0.39, 0.29) is 23.0 Å². The van der Waals surface area contributed by atoms with Gasteiger partial charge in [-0.05, 0) is 29.8 Å². The lowest BCUT2D eigenvalue weighted by Gasteiger charge is -2.33. The van der Waals surface area contributed by atoms with Gasteiger partial charge in [0.15, 0.2) is 34.7 Å². The van der Waals surface area contributed by atoms with Crippen molar-refractivity contribution < 1.29 is 36.9 Å². The maximum Gasteiger partial charge on any atom is 0.410 e. The highest BCUT2D eigenvalue weighted by atomic mass is 35.5. The van der Waals surface area contributed by atoms with Crippen LogP contribution >= 0.6 is 11.6 Å². The van der Waals surface area contributed by atoms with Crippen LogP contribution in [0.5, 0.6) is 23.0 Å². The molecule has 0 bridgehead atoms. The first-order valence-corrected chi connectivity index (χ1v) is 11.4. The van der Waals surface area contributed by atoms with Gasteiger partial charge in [-0.3, -0.25) is 4.79 Å². The summed E-state index contributed by atoms with van der Waals surface area (Å²) in [5.74, 6) is 0.690. The molecule has 1 aliphatic heterocycles. The number of hydrogen-bond donors (Lipinski definition) is 2. The van der Waals surface area contributed by atoms with Crippen LogP contribution in [0, 0.1) is 0 Å². The van der Waals surface area contributed by atoms with Crippen LogP contribution in [0.4, 0.5) is 24.7 Å². The van der Waals surface area contributed by atoms with E-state index in [0.29, 0.717) is 38.9 Å². The van der Waals surface area contributed by atoms with Crippen molar-refractivity contribution in [3.63, 3.8) is 0 Å². The lowest BCUT2D eigenvalue weighted by molar-refractivity contribution is -0.173. The number of alkyl halides is 3. The first-order valence-electron chi connectivity index (χ1n) is 11.0. The molecule has 13 heteroatoms. The Morgan fingerprint density at radius 3 is 2.19 bits per heavy atom. The molecule has 1 aromatic heterocycles. The number of nitrogens with one attached hydrogen (secondary N) is 2. The molecular weight excluding hydrogens is 517 g/mol. The highest BCUT2D eigenvalue weighted by Gasteiger charge is 2.48. The van der Waals surface area contributed by atoms with Gasteiger partial charge in [0.25, 0.3) is 5.91 Å². The summed E-state index contributed by atoms with van der Waals surface area (Å²) >= 11 is 6.42. The highest BCUT2D eigenvalue weighted by Crippen LogP contribution is 2.47. The number of methoxy groups -OCH3 is 4. The minimum Gasteiger partial charge on any atom is -0.493 e. The second-order valence-corrected chi connectivity index (χ2v) is 8.46. The first kappa shape index (κ1) is 26.3. The van der Waals surface area contributed by atoms with Crippen molar-refractivity contribution >= 4 is 29.0 Å². The Bertz CT molecular complexity index is 1310. The predicted octanol–water partition coefficient (Wildman–Crippen LogP) is 5.48. The number of carbonyl (C=O) groups excluding carboxylic acids is 1. The predicted molar refractivity (Wildman–Crippen MR) is 130 cm³/mol. The maximum atomic E-state index is 14.1. The van der Waals surface area contributed by atoms with E-state index in [1.54, 1.807) is 30.3 Å². The highest BCUT2D eigenvalue weighted by molar-refractivity contribution is 6.36. The summed E-state index contributed by atoms with van der Waals surface area (Å²) in [7, 11) is 5.79. The lowest BCUT2D eigenvalue weighted by atomic mass is 9.96. The topological polar surface area (TPSA) is 95.9 Å². The van der Waals surface area contributed by atoms with Gasteiger partial charge in [-0.15, -0.1) is 0 Å². The molecule has 2 N–H and O–H groups in total. The standard InChI is InChI=1S/C24H24ClF3N4O5/c1-34-15-7-5-12(9-17(15)36-3)14-11-19(24(26,27)28)32-22(30-14)20(25)21(31-32)23(33)29-13-6-8-16(35-2)18(10-13)37-4/h5-10,14,19,30H,11H2,1-4H3,(H,29,33).